The fraction of sp³-hybridized carbons (Fsp3) is 0.538. The van der Waals surface area contributed by atoms with Gasteiger partial charge in [-0.1, -0.05) is 44.4 Å². The minimum atomic E-state index is -0.409. The van der Waals surface area contributed by atoms with Gasteiger partial charge in [-0.15, -0.1) is 0 Å². The van der Waals surface area contributed by atoms with E-state index in [1.165, 1.54) is 6.07 Å². The fourth-order valence-corrected chi connectivity index (χ4v) is 2.37. The maximum atomic E-state index is 11.0. The Kier molecular flexibility index (Phi) is 5.41. The zero-order chi connectivity index (χ0) is 13.7. The van der Waals surface area contributed by atoms with Gasteiger partial charge in [0.15, 0.2) is 0 Å². The molecule has 0 aliphatic carbocycles. The zero-order valence-corrected chi connectivity index (χ0v) is 11.7. The van der Waals surface area contributed by atoms with Crippen LogP contribution in [0, 0.1) is 16.0 Å². The maximum absolute atomic E-state index is 11.0. The molecule has 1 atom stereocenters. The molecule has 0 amide bonds. The molecular weight excluding hydrogens is 252 g/mol. The first-order valence-electron chi connectivity index (χ1n) is 6.20. The van der Waals surface area contributed by atoms with Crippen molar-refractivity contribution < 1.29 is 4.92 Å². The molecule has 0 saturated carbocycles. The van der Waals surface area contributed by atoms with Crippen LogP contribution in [0.5, 0.6) is 0 Å². The van der Waals surface area contributed by atoms with E-state index in [2.05, 4.69) is 19.2 Å². The lowest BCUT2D eigenvalue weighted by atomic mass is 9.95. The van der Waals surface area contributed by atoms with E-state index in [-0.39, 0.29) is 11.7 Å². The summed E-state index contributed by atoms with van der Waals surface area (Å²) in [6, 6.07) is 4.87. The van der Waals surface area contributed by atoms with Crippen LogP contribution in [0.3, 0.4) is 0 Å². The predicted molar refractivity (Wildman–Crippen MR) is 75.3 cm³/mol. The van der Waals surface area contributed by atoms with Crippen LogP contribution in [0.15, 0.2) is 18.2 Å². The number of nitro benzene ring substituents is 1. The number of halogens is 1. The number of nitrogens with one attached hydrogen (secondary N) is 1. The van der Waals surface area contributed by atoms with Crippen molar-refractivity contribution in [3.05, 3.63) is 33.3 Å². The molecular formula is C13H19ClN2O2. The molecule has 18 heavy (non-hydrogen) atoms. The molecule has 0 heterocycles. The van der Waals surface area contributed by atoms with Gasteiger partial charge in [-0.3, -0.25) is 10.1 Å². The van der Waals surface area contributed by atoms with Gasteiger partial charge in [-0.2, -0.15) is 0 Å². The van der Waals surface area contributed by atoms with E-state index in [0.717, 1.165) is 12.8 Å². The summed E-state index contributed by atoms with van der Waals surface area (Å²) < 4.78 is 0. The number of hydrogen-bond acceptors (Lipinski definition) is 3. The van der Waals surface area contributed by atoms with Gasteiger partial charge in [0.2, 0.25) is 0 Å². The normalized spacial score (nSPS) is 12.5. The Hall–Kier alpha value is -1.29. The highest BCUT2D eigenvalue weighted by atomic mass is 35.5. The van der Waals surface area contributed by atoms with Crippen molar-refractivity contribution in [2.24, 2.45) is 5.92 Å². The molecule has 1 aromatic rings. The Bertz CT molecular complexity index is 419. The van der Waals surface area contributed by atoms with Gasteiger partial charge in [0.1, 0.15) is 5.69 Å². The Labute approximate surface area is 112 Å². The number of benzene rings is 1. The molecule has 5 heteroatoms. The molecule has 0 aromatic heterocycles. The number of nitrogens with zero attached hydrogens (tertiary/aromatic N) is 1. The molecule has 1 aromatic carbocycles. The number of nitro groups is 1. The topological polar surface area (TPSA) is 55.2 Å². The van der Waals surface area contributed by atoms with Crippen LogP contribution in [-0.4, -0.2) is 11.0 Å². The van der Waals surface area contributed by atoms with E-state index < -0.39 is 4.92 Å². The minimum absolute atomic E-state index is 0.0281. The van der Waals surface area contributed by atoms with Crippen molar-refractivity contribution in [2.75, 3.05) is 5.32 Å². The van der Waals surface area contributed by atoms with Crippen LogP contribution in [0.2, 0.25) is 5.02 Å². The summed E-state index contributed by atoms with van der Waals surface area (Å²) in [6.45, 7) is 6.27. The molecule has 4 nitrogen and oxygen atoms in total. The van der Waals surface area contributed by atoms with Crippen LogP contribution in [0.1, 0.15) is 33.6 Å². The molecule has 1 unspecified atom stereocenters. The average Bonchev–Trinajstić information content (AvgIpc) is 2.33. The van der Waals surface area contributed by atoms with Gasteiger partial charge >= 0.3 is 0 Å². The van der Waals surface area contributed by atoms with Crippen molar-refractivity contribution in [2.45, 2.75) is 39.7 Å². The van der Waals surface area contributed by atoms with Crippen LogP contribution in [-0.2, 0) is 0 Å². The lowest BCUT2D eigenvalue weighted by molar-refractivity contribution is -0.384. The second-order valence-corrected chi connectivity index (χ2v) is 4.81. The van der Waals surface area contributed by atoms with Crippen molar-refractivity contribution in [1.29, 1.82) is 0 Å². The predicted octanol–water partition coefficient (Wildman–Crippen LogP) is 4.48. The third kappa shape index (κ3) is 3.35. The van der Waals surface area contributed by atoms with E-state index in [1.54, 1.807) is 12.1 Å². The smallest absolute Gasteiger partial charge is 0.293 e. The summed E-state index contributed by atoms with van der Waals surface area (Å²) >= 11 is 6.04. The van der Waals surface area contributed by atoms with E-state index in [4.69, 9.17) is 11.6 Å². The average molecular weight is 271 g/mol. The van der Waals surface area contributed by atoms with Crippen LogP contribution < -0.4 is 5.32 Å². The van der Waals surface area contributed by atoms with Gasteiger partial charge in [-0.05, 0) is 18.9 Å². The Morgan fingerprint density at radius 1 is 1.39 bits per heavy atom. The molecule has 0 spiro atoms. The lowest BCUT2D eigenvalue weighted by Crippen LogP contribution is -2.25. The third-order valence-corrected chi connectivity index (χ3v) is 3.63. The largest absolute Gasteiger partial charge is 0.376 e. The summed E-state index contributed by atoms with van der Waals surface area (Å²) in [5.41, 5.74) is 0.448. The van der Waals surface area contributed by atoms with Gasteiger partial charge in [0, 0.05) is 12.1 Å². The Balaban J connectivity index is 2.99. The van der Waals surface area contributed by atoms with Crippen LogP contribution in [0.4, 0.5) is 11.4 Å². The summed E-state index contributed by atoms with van der Waals surface area (Å²) in [6.07, 6.45) is 2.06. The lowest BCUT2D eigenvalue weighted by Gasteiger charge is -2.23. The number of hydrogen-bond donors (Lipinski definition) is 1. The molecule has 0 saturated heterocycles. The van der Waals surface area contributed by atoms with E-state index in [1.807, 2.05) is 6.92 Å². The van der Waals surface area contributed by atoms with Gasteiger partial charge in [0.25, 0.3) is 5.69 Å². The third-order valence-electron chi connectivity index (χ3n) is 3.32. The van der Waals surface area contributed by atoms with Gasteiger partial charge in [-0.25, -0.2) is 0 Å². The number of anilines is 1. The van der Waals surface area contributed by atoms with E-state index >= 15 is 0 Å². The van der Waals surface area contributed by atoms with Crippen molar-refractivity contribution in [3.63, 3.8) is 0 Å². The van der Waals surface area contributed by atoms with Gasteiger partial charge in [0.05, 0.1) is 9.95 Å². The Morgan fingerprint density at radius 3 is 2.50 bits per heavy atom. The molecule has 0 radical (unpaired) electrons. The summed E-state index contributed by atoms with van der Waals surface area (Å²) in [7, 11) is 0. The second kappa shape index (κ2) is 6.59. The molecule has 0 bridgehead atoms. The van der Waals surface area contributed by atoms with Crippen molar-refractivity contribution >= 4 is 23.0 Å². The summed E-state index contributed by atoms with van der Waals surface area (Å²) in [5.74, 6) is 0.473. The first-order chi connectivity index (χ1) is 8.51. The highest BCUT2D eigenvalue weighted by Crippen LogP contribution is 2.33. The molecule has 0 aliphatic rings. The molecule has 100 valence electrons. The standard InChI is InChI=1S/C13H19ClN2O2/c1-4-10(5-2)9(3)15-13-11(14)7-6-8-12(13)16(17)18/h6-10,15H,4-5H2,1-3H3. The first kappa shape index (κ1) is 14.8. The summed E-state index contributed by atoms with van der Waals surface area (Å²) in [5, 5.41) is 14.6. The fourth-order valence-electron chi connectivity index (χ4n) is 2.15. The SMILES string of the molecule is CCC(CC)C(C)Nc1c(Cl)cccc1[N+](=O)[O-]. The monoisotopic (exact) mass is 270 g/mol. The maximum Gasteiger partial charge on any atom is 0.293 e. The highest BCUT2D eigenvalue weighted by molar-refractivity contribution is 6.33. The van der Waals surface area contributed by atoms with Crippen LogP contribution >= 0.6 is 11.6 Å². The van der Waals surface area contributed by atoms with Crippen LogP contribution in [0.25, 0.3) is 0 Å². The van der Waals surface area contributed by atoms with Crippen molar-refractivity contribution in [1.82, 2.24) is 0 Å². The second-order valence-electron chi connectivity index (χ2n) is 4.40. The minimum Gasteiger partial charge on any atom is -0.376 e. The van der Waals surface area contributed by atoms with E-state index in [9.17, 15) is 10.1 Å². The molecule has 0 aliphatic heterocycles. The Morgan fingerprint density at radius 2 is 2.00 bits per heavy atom. The van der Waals surface area contributed by atoms with E-state index in [0.29, 0.717) is 16.6 Å². The number of rotatable bonds is 6. The number of para-hydroxylation sites is 1. The van der Waals surface area contributed by atoms with Gasteiger partial charge < -0.3 is 5.32 Å². The zero-order valence-electron chi connectivity index (χ0n) is 10.9. The molecule has 1 rings (SSSR count). The quantitative estimate of drug-likeness (QED) is 0.612. The highest BCUT2D eigenvalue weighted by Gasteiger charge is 2.21. The summed E-state index contributed by atoms with van der Waals surface area (Å²) in [4.78, 5) is 10.6. The first-order valence-corrected chi connectivity index (χ1v) is 6.58. The van der Waals surface area contributed by atoms with Crippen molar-refractivity contribution in [3.8, 4) is 0 Å². The molecule has 1 N–H and O–H groups in total. The molecule has 0 fully saturated rings.